The number of ether oxygens (including phenoxy) is 3. The van der Waals surface area contributed by atoms with Crippen molar-refractivity contribution in [2.75, 3.05) is 13.2 Å². The van der Waals surface area contributed by atoms with Crippen molar-refractivity contribution in [1.29, 1.82) is 0 Å². The molecule has 0 aromatic carbocycles. The van der Waals surface area contributed by atoms with Gasteiger partial charge in [0.25, 0.3) is 0 Å². The van der Waals surface area contributed by atoms with E-state index in [1.54, 1.807) is 0 Å². The molecule has 0 aromatic heterocycles. The maximum Gasteiger partial charge on any atom is 0.306 e. The largest absolute Gasteiger partial charge is 0.462 e. The summed E-state index contributed by atoms with van der Waals surface area (Å²) in [6, 6.07) is 0. The van der Waals surface area contributed by atoms with Gasteiger partial charge in [-0.2, -0.15) is 0 Å². The van der Waals surface area contributed by atoms with Crippen LogP contribution in [0.3, 0.4) is 0 Å². The van der Waals surface area contributed by atoms with Crippen molar-refractivity contribution < 1.29 is 28.6 Å². The van der Waals surface area contributed by atoms with Crippen molar-refractivity contribution >= 4 is 17.9 Å². The number of hydrogen-bond acceptors (Lipinski definition) is 6. The molecule has 1 atom stereocenters. The fraction of sp³-hybridized carbons (Fsp3) is 0.857. The molecule has 0 saturated heterocycles. The van der Waals surface area contributed by atoms with Crippen molar-refractivity contribution in [1.82, 2.24) is 0 Å². The van der Waals surface area contributed by atoms with Crippen LogP contribution in [0.25, 0.3) is 0 Å². The van der Waals surface area contributed by atoms with Crippen LogP contribution >= 0.6 is 0 Å². The maximum absolute atomic E-state index is 12.9. The summed E-state index contributed by atoms with van der Waals surface area (Å²) in [6.45, 7) is 6.57. The van der Waals surface area contributed by atoms with Gasteiger partial charge in [-0.25, -0.2) is 0 Å². The van der Waals surface area contributed by atoms with Gasteiger partial charge < -0.3 is 14.2 Å². The van der Waals surface area contributed by atoms with E-state index in [1.807, 2.05) is 0 Å². The van der Waals surface area contributed by atoms with Crippen LogP contribution < -0.4 is 0 Å². The Labute approximate surface area is 518 Å². The number of carbonyl (C=O) groups is 3. The minimum atomic E-state index is -0.773. The van der Waals surface area contributed by atoms with Crippen LogP contribution in [0.5, 0.6) is 0 Å². The van der Waals surface area contributed by atoms with E-state index >= 15 is 0 Å². The van der Waals surface area contributed by atoms with Crippen LogP contribution in [0, 0.1) is 0 Å². The molecule has 0 bridgehead atoms. The van der Waals surface area contributed by atoms with Gasteiger partial charge in [-0.3, -0.25) is 14.4 Å². The lowest BCUT2D eigenvalue weighted by molar-refractivity contribution is -0.167. The van der Waals surface area contributed by atoms with E-state index in [2.05, 4.69) is 69.4 Å². The average Bonchev–Trinajstić information content (AvgIpc) is 3.49. The van der Waals surface area contributed by atoms with Gasteiger partial charge in [-0.15, -0.1) is 0 Å². The third-order valence-electron chi connectivity index (χ3n) is 16.8. The predicted octanol–water partition coefficient (Wildman–Crippen LogP) is 25.7. The minimum absolute atomic E-state index is 0.0695. The van der Waals surface area contributed by atoms with Crippen LogP contribution in [0.2, 0.25) is 0 Å². The number of hydrogen-bond donors (Lipinski definition) is 0. The van der Waals surface area contributed by atoms with E-state index in [-0.39, 0.29) is 31.1 Å². The molecule has 0 N–H and O–H groups in total. The van der Waals surface area contributed by atoms with Gasteiger partial charge in [0.05, 0.1) is 0 Å². The summed E-state index contributed by atoms with van der Waals surface area (Å²) in [6.07, 6.45) is 91.8. The molecule has 0 spiro atoms. The summed E-state index contributed by atoms with van der Waals surface area (Å²) < 4.78 is 16.9. The van der Waals surface area contributed by atoms with Crippen molar-refractivity contribution in [3.8, 4) is 0 Å². The van der Waals surface area contributed by atoms with Crippen molar-refractivity contribution in [2.24, 2.45) is 0 Å². The molecule has 0 aliphatic heterocycles. The van der Waals surface area contributed by atoms with E-state index in [0.29, 0.717) is 19.3 Å². The van der Waals surface area contributed by atoms with Gasteiger partial charge >= 0.3 is 17.9 Å². The van der Waals surface area contributed by atoms with Gasteiger partial charge in [0.1, 0.15) is 13.2 Å². The molecular formula is C77H142O6. The monoisotopic (exact) mass is 1160 g/mol. The zero-order valence-electron chi connectivity index (χ0n) is 56.0. The Balaban J connectivity index is 4.04. The van der Waals surface area contributed by atoms with Gasteiger partial charge in [0.2, 0.25) is 0 Å². The summed E-state index contributed by atoms with van der Waals surface area (Å²) in [5.41, 5.74) is 0. The second-order valence-electron chi connectivity index (χ2n) is 25.2. The molecule has 0 aliphatic rings. The quantitative estimate of drug-likeness (QED) is 0.0261. The lowest BCUT2D eigenvalue weighted by Gasteiger charge is -2.18. The molecule has 0 heterocycles. The van der Waals surface area contributed by atoms with E-state index < -0.39 is 6.10 Å². The molecule has 0 aromatic rings. The molecule has 0 saturated carbocycles. The van der Waals surface area contributed by atoms with Gasteiger partial charge in [-0.1, -0.05) is 378 Å². The molecule has 0 amide bonds. The molecule has 6 nitrogen and oxygen atoms in total. The molecular weight excluding hydrogens is 1020 g/mol. The first-order valence-electron chi connectivity index (χ1n) is 37.1. The van der Waals surface area contributed by atoms with Crippen LogP contribution in [-0.4, -0.2) is 37.2 Å². The summed E-state index contributed by atoms with van der Waals surface area (Å²) in [5, 5.41) is 0. The second kappa shape index (κ2) is 71.8. The van der Waals surface area contributed by atoms with E-state index in [1.165, 1.54) is 283 Å². The number of rotatable bonds is 69. The predicted molar refractivity (Wildman–Crippen MR) is 362 cm³/mol. The molecule has 0 radical (unpaired) electrons. The first-order chi connectivity index (χ1) is 41.0. The minimum Gasteiger partial charge on any atom is -0.462 e. The first kappa shape index (κ1) is 80.4. The fourth-order valence-corrected chi connectivity index (χ4v) is 11.3. The standard InChI is InChI=1S/C77H142O6/c1-4-7-10-13-16-19-21-23-25-27-29-31-33-34-35-36-37-38-39-40-41-42-44-45-47-49-51-53-55-58-61-64-67-70-76(79)82-73-74(72-81-75(78)69-66-63-60-57-18-15-12-9-6-3)83-77(80)71-68-65-62-59-56-54-52-50-48-46-43-32-30-28-26-24-22-20-17-14-11-8-5-2/h8,11,17,20,24,26,30,32,74H,4-7,9-10,12-16,18-19,21-23,25,27-29,31,33-73H2,1-3H3/b11-8-,20-17-,26-24-,32-30-. The number of esters is 3. The normalized spacial score (nSPS) is 12.3. The maximum atomic E-state index is 12.9. The highest BCUT2D eigenvalue weighted by Gasteiger charge is 2.20. The number of allylic oxidation sites excluding steroid dienone is 8. The van der Waals surface area contributed by atoms with E-state index in [9.17, 15) is 14.4 Å². The summed E-state index contributed by atoms with van der Waals surface area (Å²) in [4.78, 5) is 38.3. The van der Waals surface area contributed by atoms with Crippen LogP contribution in [0.1, 0.15) is 406 Å². The molecule has 0 fully saturated rings. The fourth-order valence-electron chi connectivity index (χ4n) is 11.3. The third-order valence-corrected chi connectivity index (χ3v) is 16.8. The summed E-state index contributed by atoms with van der Waals surface area (Å²) in [5.74, 6) is -0.851. The number of unbranched alkanes of at least 4 members (excludes halogenated alkanes) is 50. The molecule has 0 rings (SSSR count). The number of carbonyl (C=O) groups excluding carboxylic acids is 3. The average molecular weight is 1160 g/mol. The van der Waals surface area contributed by atoms with Gasteiger partial charge in [0.15, 0.2) is 6.10 Å². The summed E-state index contributed by atoms with van der Waals surface area (Å²) >= 11 is 0. The highest BCUT2D eigenvalue weighted by Crippen LogP contribution is 2.19. The Morgan fingerprint density at radius 2 is 0.470 bits per heavy atom. The zero-order chi connectivity index (χ0) is 59.9. The topological polar surface area (TPSA) is 78.9 Å². The van der Waals surface area contributed by atoms with Crippen molar-refractivity contribution in [3.05, 3.63) is 48.6 Å². The lowest BCUT2D eigenvalue weighted by atomic mass is 10.0. The van der Waals surface area contributed by atoms with Crippen molar-refractivity contribution in [3.63, 3.8) is 0 Å². The molecule has 486 valence electrons. The van der Waals surface area contributed by atoms with Gasteiger partial charge in [-0.05, 0) is 57.8 Å². The molecule has 6 heteroatoms. The molecule has 0 aliphatic carbocycles. The SMILES string of the molecule is CC/C=C\C/C=C\C/C=C\C/C=C\CCCCCCCCCCCCC(=O)OC(COC(=O)CCCCCCCCCCC)COC(=O)CCCCCCCCCCCCCCCCCCCCCCCCCCCCCCCCCCC. The third kappa shape index (κ3) is 70.0. The van der Waals surface area contributed by atoms with Crippen LogP contribution in [0.15, 0.2) is 48.6 Å². The van der Waals surface area contributed by atoms with E-state index in [4.69, 9.17) is 14.2 Å². The Morgan fingerprint density at radius 1 is 0.253 bits per heavy atom. The van der Waals surface area contributed by atoms with Crippen molar-refractivity contribution in [2.45, 2.75) is 412 Å². The zero-order valence-corrected chi connectivity index (χ0v) is 56.0. The van der Waals surface area contributed by atoms with Gasteiger partial charge in [0, 0.05) is 19.3 Å². The highest BCUT2D eigenvalue weighted by atomic mass is 16.6. The van der Waals surface area contributed by atoms with E-state index in [0.717, 1.165) is 83.5 Å². The van der Waals surface area contributed by atoms with Crippen LogP contribution in [0.4, 0.5) is 0 Å². The summed E-state index contributed by atoms with van der Waals surface area (Å²) in [7, 11) is 0. The Hall–Kier alpha value is -2.63. The first-order valence-corrected chi connectivity index (χ1v) is 37.1. The second-order valence-corrected chi connectivity index (χ2v) is 25.2. The Morgan fingerprint density at radius 3 is 0.735 bits per heavy atom. The molecule has 83 heavy (non-hydrogen) atoms. The highest BCUT2D eigenvalue weighted by molar-refractivity contribution is 5.71. The van der Waals surface area contributed by atoms with Crippen LogP contribution in [-0.2, 0) is 28.6 Å². The Bertz CT molecular complexity index is 1430. The lowest BCUT2D eigenvalue weighted by Crippen LogP contribution is -2.30. The Kier molecular flexibility index (Phi) is 69.6. The smallest absolute Gasteiger partial charge is 0.306 e. The molecule has 1 unspecified atom stereocenters.